The Bertz CT molecular complexity index is 117. The molecule has 0 fully saturated rings. The van der Waals surface area contributed by atoms with Gasteiger partial charge in [-0.2, -0.15) is 0 Å². The monoisotopic (exact) mass is 219 g/mol. The number of hydrogen-bond acceptors (Lipinski definition) is 5. The van der Waals surface area contributed by atoms with Gasteiger partial charge in [0.15, 0.2) is 0 Å². The Balaban J connectivity index is 3.49. The van der Waals surface area contributed by atoms with E-state index in [1.54, 1.807) is 0 Å². The first-order valence-electron chi connectivity index (χ1n) is 5.70. The molecule has 0 saturated heterocycles. The second-order valence-corrected chi connectivity index (χ2v) is 3.53. The molecule has 5 heteroatoms. The molecule has 15 heavy (non-hydrogen) atoms. The van der Waals surface area contributed by atoms with Crippen molar-refractivity contribution in [2.45, 2.75) is 12.8 Å². The van der Waals surface area contributed by atoms with E-state index in [4.69, 9.17) is 15.9 Å². The Morgan fingerprint density at radius 2 is 1.53 bits per heavy atom. The molecule has 0 atom stereocenters. The van der Waals surface area contributed by atoms with Crippen LogP contribution in [0, 0.1) is 0 Å². The van der Waals surface area contributed by atoms with Gasteiger partial charge in [0.2, 0.25) is 0 Å². The van der Waals surface area contributed by atoms with E-state index in [0.717, 1.165) is 45.6 Å². The van der Waals surface area contributed by atoms with Gasteiger partial charge in [0.1, 0.15) is 0 Å². The van der Waals surface area contributed by atoms with E-state index < -0.39 is 0 Å². The van der Waals surface area contributed by atoms with Gasteiger partial charge in [-0.1, -0.05) is 0 Å². The second kappa shape index (κ2) is 11.9. The molecule has 0 aromatic rings. The van der Waals surface area contributed by atoms with E-state index in [9.17, 15) is 0 Å². The van der Waals surface area contributed by atoms with Crippen LogP contribution in [0.3, 0.4) is 0 Å². The van der Waals surface area contributed by atoms with Crippen LogP contribution >= 0.6 is 0 Å². The number of aliphatic hydroxyl groups is 2. The van der Waals surface area contributed by atoms with Crippen molar-refractivity contribution in [1.82, 2.24) is 10.2 Å². The predicted molar refractivity (Wildman–Crippen MR) is 61.8 cm³/mol. The number of nitrogens with two attached hydrogens (primary N) is 1. The Labute approximate surface area is 92.3 Å². The molecule has 0 aromatic carbocycles. The third-order valence-corrected chi connectivity index (χ3v) is 2.19. The van der Waals surface area contributed by atoms with Gasteiger partial charge < -0.3 is 26.2 Å². The SMILES string of the molecule is NCCNCCN(CCCO)CCCO. The number of nitrogens with one attached hydrogen (secondary N) is 1. The van der Waals surface area contributed by atoms with Crippen molar-refractivity contribution in [3.8, 4) is 0 Å². The maximum atomic E-state index is 8.74. The topological polar surface area (TPSA) is 81.8 Å². The smallest absolute Gasteiger partial charge is 0.0443 e. The molecule has 0 aromatic heterocycles. The van der Waals surface area contributed by atoms with Crippen molar-refractivity contribution >= 4 is 0 Å². The molecule has 92 valence electrons. The molecular weight excluding hydrogens is 194 g/mol. The molecule has 0 rings (SSSR count). The highest BCUT2D eigenvalue weighted by molar-refractivity contribution is 4.60. The summed E-state index contributed by atoms with van der Waals surface area (Å²) in [6, 6.07) is 0. The fraction of sp³-hybridized carbons (Fsp3) is 1.00. The van der Waals surface area contributed by atoms with Crippen LogP contribution in [0.25, 0.3) is 0 Å². The highest BCUT2D eigenvalue weighted by Gasteiger charge is 2.02. The van der Waals surface area contributed by atoms with Crippen molar-refractivity contribution in [2.24, 2.45) is 5.73 Å². The highest BCUT2D eigenvalue weighted by Crippen LogP contribution is 1.93. The van der Waals surface area contributed by atoms with Crippen molar-refractivity contribution < 1.29 is 10.2 Å². The largest absolute Gasteiger partial charge is 0.396 e. The molecule has 0 radical (unpaired) electrons. The quantitative estimate of drug-likeness (QED) is 0.321. The van der Waals surface area contributed by atoms with E-state index in [-0.39, 0.29) is 13.2 Å². The first-order chi connectivity index (χ1) is 7.35. The fourth-order valence-corrected chi connectivity index (χ4v) is 1.39. The summed E-state index contributed by atoms with van der Waals surface area (Å²) in [7, 11) is 0. The standard InChI is InChI=1S/C10H25N3O2/c11-3-4-12-5-8-13(6-1-9-14)7-2-10-15/h12,14-15H,1-11H2. The summed E-state index contributed by atoms with van der Waals surface area (Å²) in [6.45, 7) is 5.59. The Hall–Kier alpha value is -0.200. The van der Waals surface area contributed by atoms with Crippen LogP contribution in [0.4, 0.5) is 0 Å². The van der Waals surface area contributed by atoms with E-state index in [0.29, 0.717) is 6.54 Å². The molecule has 0 amide bonds. The fourth-order valence-electron chi connectivity index (χ4n) is 1.39. The zero-order chi connectivity index (χ0) is 11.4. The number of hydrogen-bond donors (Lipinski definition) is 4. The lowest BCUT2D eigenvalue weighted by Gasteiger charge is -2.21. The maximum absolute atomic E-state index is 8.74. The van der Waals surface area contributed by atoms with Crippen LogP contribution in [-0.2, 0) is 0 Å². The minimum atomic E-state index is 0.228. The van der Waals surface area contributed by atoms with Gasteiger partial charge in [-0.15, -0.1) is 0 Å². The zero-order valence-corrected chi connectivity index (χ0v) is 9.49. The average molecular weight is 219 g/mol. The summed E-state index contributed by atoms with van der Waals surface area (Å²) in [6.07, 6.45) is 1.59. The molecule has 5 N–H and O–H groups in total. The Morgan fingerprint density at radius 1 is 0.933 bits per heavy atom. The summed E-state index contributed by atoms with van der Waals surface area (Å²) < 4.78 is 0. The molecule has 0 aliphatic carbocycles. The van der Waals surface area contributed by atoms with E-state index in [1.807, 2.05) is 0 Å². The molecule has 0 spiro atoms. The minimum Gasteiger partial charge on any atom is -0.396 e. The molecule has 0 unspecified atom stereocenters. The lowest BCUT2D eigenvalue weighted by molar-refractivity contribution is 0.202. The molecule has 0 bridgehead atoms. The Kier molecular flexibility index (Phi) is 11.7. The Morgan fingerprint density at radius 3 is 2.00 bits per heavy atom. The van der Waals surface area contributed by atoms with Crippen LogP contribution in [0.2, 0.25) is 0 Å². The first kappa shape index (κ1) is 14.8. The van der Waals surface area contributed by atoms with Crippen molar-refractivity contribution in [3.63, 3.8) is 0 Å². The van der Waals surface area contributed by atoms with Gasteiger partial charge in [0, 0.05) is 52.5 Å². The van der Waals surface area contributed by atoms with Crippen LogP contribution < -0.4 is 11.1 Å². The summed E-state index contributed by atoms with van der Waals surface area (Å²) in [4.78, 5) is 2.25. The average Bonchev–Trinajstić information content (AvgIpc) is 2.27. The third kappa shape index (κ3) is 10.1. The number of rotatable bonds is 11. The molecular formula is C10H25N3O2. The minimum absolute atomic E-state index is 0.228. The predicted octanol–water partition coefficient (Wildman–Crippen LogP) is -1.40. The molecule has 5 nitrogen and oxygen atoms in total. The molecule has 0 saturated carbocycles. The summed E-state index contributed by atoms with van der Waals surface area (Å²) in [5.74, 6) is 0. The molecule has 0 aliphatic heterocycles. The van der Waals surface area contributed by atoms with E-state index in [2.05, 4.69) is 10.2 Å². The molecule has 0 heterocycles. The van der Waals surface area contributed by atoms with Gasteiger partial charge in [0.25, 0.3) is 0 Å². The zero-order valence-electron chi connectivity index (χ0n) is 9.49. The highest BCUT2D eigenvalue weighted by atomic mass is 16.3. The normalized spacial score (nSPS) is 11.2. The van der Waals surface area contributed by atoms with Gasteiger partial charge in [-0.25, -0.2) is 0 Å². The van der Waals surface area contributed by atoms with Gasteiger partial charge in [-0.05, 0) is 12.8 Å². The summed E-state index contributed by atoms with van der Waals surface area (Å²) in [5, 5.41) is 20.7. The van der Waals surface area contributed by atoms with Crippen molar-refractivity contribution in [1.29, 1.82) is 0 Å². The maximum Gasteiger partial charge on any atom is 0.0443 e. The lowest BCUT2D eigenvalue weighted by Crippen LogP contribution is -2.35. The van der Waals surface area contributed by atoms with E-state index >= 15 is 0 Å². The third-order valence-electron chi connectivity index (χ3n) is 2.19. The van der Waals surface area contributed by atoms with Gasteiger partial charge in [0.05, 0.1) is 0 Å². The number of nitrogens with zero attached hydrogens (tertiary/aromatic N) is 1. The summed E-state index contributed by atoms with van der Waals surface area (Å²) >= 11 is 0. The van der Waals surface area contributed by atoms with Crippen molar-refractivity contribution in [2.75, 3.05) is 52.5 Å². The van der Waals surface area contributed by atoms with Crippen molar-refractivity contribution in [3.05, 3.63) is 0 Å². The van der Waals surface area contributed by atoms with Crippen LogP contribution in [0.1, 0.15) is 12.8 Å². The van der Waals surface area contributed by atoms with E-state index in [1.165, 1.54) is 0 Å². The van der Waals surface area contributed by atoms with Crippen LogP contribution in [0.5, 0.6) is 0 Å². The summed E-state index contributed by atoms with van der Waals surface area (Å²) in [5.41, 5.74) is 5.36. The lowest BCUT2D eigenvalue weighted by atomic mass is 10.3. The van der Waals surface area contributed by atoms with Crippen LogP contribution in [0.15, 0.2) is 0 Å². The second-order valence-electron chi connectivity index (χ2n) is 3.53. The first-order valence-corrected chi connectivity index (χ1v) is 5.70. The number of aliphatic hydroxyl groups excluding tert-OH is 2. The van der Waals surface area contributed by atoms with Gasteiger partial charge >= 0.3 is 0 Å². The molecule has 0 aliphatic rings. The van der Waals surface area contributed by atoms with Gasteiger partial charge in [-0.3, -0.25) is 0 Å². The van der Waals surface area contributed by atoms with Crippen LogP contribution in [-0.4, -0.2) is 67.6 Å².